The zero-order chi connectivity index (χ0) is 15.1. The number of aromatic nitrogens is 1. The first kappa shape index (κ1) is 13.9. The first-order valence-corrected chi connectivity index (χ1v) is 8.62. The molecule has 1 aromatic carbocycles. The summed E-state index contributed by atoms with van der Waals surface area (Å²) in [5.41, 5.74) is 3.95. The fourth-order valence-electron chi connectivity index (χ4n) is 3.32. The molecule has 0 fully saturated rings. The van der Waals surface area contributed by atoms with Gasteiger partial charge in [0.1, 0.15) is 5.75 Å². The largest absolute Gasteiger partial charge is 0.497 e. The van der Waals surface area contributed by atoms with Gasteiger partial charge in [-0.1, -0.05) is 6.92 Å². The number of aryl methyl sites for hydroxylation is 1. The molecule has 114 valence electrons. The Balaban J connectivity index is 1.83. The Morgan fingerprint density at radius 1 is 1.27 bits per heavy atom. The average molecular weight is 312 g/mol. The van der Waals surface area contributed by atoms with E-state index in [1.165, 1.54) is 31.9 Å². The quantitative estimate of drug-likeness (QED) is 0.766. The molecular formula is C18H20N2OS. The van der Waals surface area contributed by atoms with Gasteiger partial charge in [-0.25, -0.2) is 0 Å². The van der Waals surface area contributed by atoms with Crippen LogP contribution in [0, 0.1) is 0 Å². The zero-order valence-electron chi connectivity index (χ0n) is 12.9. The Morgan fingerprint density at radius 3 is 2.95 bits per heavy atom. The predicted octanol–water partition coefficient (Wildman–Crippen LogP) is 4.04. The summed E-state index contributed by atoms with van der Waals surface area (Å²) in [6.45, 7) is 3.23. The van der Waals surface area contributed by atoms with Gasteiger partial charge in [0.25, 0.3) is 0 Å². The van der Waals surface area contributed by atoms with Crippen molar-refractivity contribution in [3.8, 4) is 5.75 Å². The molecule has 3 heterocycles. The van der Waals surface area contributed by atoms with E-state index in [1.807, 2.05) is 17.4 Å². The minimum Gasteiger partial charge on any atom is -0.497 e. The van der Waals surface area contributed by atoms with E-state index in [-0.39, 0.29) is 6.04 Å². The number of thiophene rings is 1. The first-order chi connectivity index (χ1) is 10.8. The van der Waals surface area contributed by atoms with Crippen molar-refractivity contribution in [1.82, 2.24) is 10.3 Å². The van der Waals surface area contributed by atoms with E-state index in [0.717, 1.165) is 25.1 Å². The van der Waals surface area contributed by atoms with Crippen LogP contribution in [-0.4, -0.2) is 18.6 Å². The molecule has 1 unspecified atom stereocenters. The van der Waals surface area contributed by atoms with Crippen LogP contribution in [0.4, 0.5) is 0 Å². The maximum absolute atomic E-state index is 5.38. The summed E-state index contributed by atoms with van der Waals surface area (Å²) in [6, 6.07) is 11.1. The van der Waals surface area contributed by atoms with E-state index in [9.17, 15) is 0 Å². The molecule has 3 nitrogen and oxygen atoms in total. The van der Waals surface area contributed by atoms with Gasteiger partial charge in [0.2, 0.25) is 0 Å². The Morgan fingerprint density at radius 2 is 2.18 bits per heavy atom. The minimum absolute atomic E-state index is 0.285. The number of fused-ring (bicyclic) bond motifs is 3. The minimum atomic E-state index is 0.285. The van der Waals surface area contributed by atoms with Gasteiger partial charge < -0.3 is 15.0 Å². The van der Waals surface area contributed by atoms with E-state index in [2.05, 4.69) is 41.5 Å². The van der Waals surface area contributed by atoms with Crippen LogP contribution in [0.25, 0.3) is 10.9 Å². The molecule has 0 saturated heterocycles. The summed E-state index contributed by atoms with van der Waals surface area (Å²) in [4.78, 5) is 6.48. The third kappa shape index (κ3) is 2.14. The van der Waals surface area contributed by atoms with E-state index >= 15 is 0 Å². The molecule has 1 atom stereocenters. The molecule has 2 N–H and O–H groups in total. The van der Waals surface area contributed by atoms with Crippen molar-refractivity contribution in [2.24, 2.45) is 0 Å². The Bertz CT molecular complexity index is 818. The van der Waals surface area contributed by atoms with Crippen LogP contribution in [0.15, 0.2) is 30.3 Å². The molecule has 0 amide bonds. The highest BCUT2D eigenvalue weighted by atomic mass is 32.1. The number of rotatable bonds is 3. The number of hydrogen-bond acceptors (Lipinski definition) is 3. The summed E-state index contributed by atoms with van der Waals surface area (Å²) in [5.74, 6) is 0.925. The number of H-pyrrole nitrogens is 1. The van der Waals surface area contributed by atoms with Gasteiger partial charge in [0, 0.05) is 32.9 Å². The van der Waals surface area contributed by atoms with Crippen LogP contribution >= 0.6 is 11.3 Å². The topological polar surface area (TPSA) is 37.0 Å². The molecule has 0 bridgehead atoms. The third-order valence-corrected chi connectivity index (χ3v) is 5.77. The lowest BCUT2D eigenvalue weighted by molar-refractivity contribution is 0.415. The highest BCUT2D eigenvalue weighted by Gasteiger charge is 2.26. The van der Waals surface area contributed by atoms with Crippen molar-refractivity contribution in [2.45, 2.75) is 25.8 Å². The normalized spacial score (nSPS) is 17.6. The second kappa shape index (κ2) is 5.45. The lowest BCUT2D eigenvalue weighted by Crippen LogP contribution is -2.29. The van der Waals surface area contributed by atoms with Crippen LogP contribution in [0.5, 0.6) is 5.75 Å². The molecule has 0 radical (unpaired) electrons. The first-order valence-electron chi connectivity index (χ1n) is 7.80. The van der Waals surface area contributed by atoms with Crippen molar-refractivity contribution in [1.29, 1.82) is 0 Å². The van der Waals surface area contributed by atoms with Crippen LogP contribution < -0.4 is 10.1 Å². The van der Waals surface area contributed by atoms with Gasteiger partial charge in [-0.15, -0.1) is 11.3 Å². The van der Waals surface area contributed by atoms with Crippen LogP contribution in [0.2, 0.25) is 0 Å². The predicted molar refractivity (Wildman–Crippen MR) is 92.1 cm³/mol. The Labute approximate surface area is 134 Å². The van der Waals surface area contributed by atoms with Crippen molar-refractivity contribution in [3.05, 3.63) is 51.3 Å². The number of hydrogen-bond donors (Lipinski definition) is 2. The number of methoxy groups -OCH3 is 1. The number of nitrogens with one attached hydrogen (secondary N) is 2. The van der Waals surface area contributed by atoms with Crippen LogP contribution in [0.1, 0.15) is 34.0 Å². The number of aromatic amines is 1. The standard InChI is InChI=1S/C18H20N2OS/c1-3-12-5-7-16(22-12)18-17-13(8-9-19-18)14-10-11(21-2)4-6-15(14)20-17/h4-7,10,18-20H,3,8-9H2,1-2H3. The molecule has 22 heavy (non-hydrogen) atoms. The lowest BCUT2D eigenvalue weighted by atomic mass is 9.98. The lowest BCUT2D eigenvalue weighted by Gasteiger charge is -2.23. The molecule has 0 saturated carbocycles. The molecule has 4 heteroatoms. The van der Waals surface area contributed by atoms with E-state index in [0.29, 0.717) is 0 Å². The molecular weight excluding hydrogens is 292 g/mol. The third-order valence-electron chi connectivity index (χ3n) is 4.47. The smallest absolute Gasteiger partial charge is 0.119 e. The second-order valence-corrected chi connectivity index (χ2v) is 6.92. The Kier molecular flexibility index (Phi) is 3.43. The zero-order valence-corrected chi connectivity index (χ0v) is 13.7. The summed E-state index contributed by atoms with van der Waals surface area (Å²) in [5, 5.41) is 4.97. The van der Waals surface area contributed by atoms with Gasteiger partial charge in [-0.3, -0.25) is 0 Å². The van der Waals surface area contributed by atoms with Gasteiger partial charge in [-0.05, 0) is 48.7 Å². The van der Waals surface area contributed by atoms with Gasteiger partial charge in [-0.2, -0.15) is 0 Å². The molecule has 2 aromatic heterocycles. The maximum Gasteiger partial charge on any atom is 0.119 e. The summed E-state index contributed by atoms with van der Waals surface area (Å²) in [7, 11) is 1.72. The van der Waals surface area contributed by atoms with Gasteiger partial charge >= 0.3 is 0 Å². The summed E-state index contributed by atoms with van der Waals surface area (Å²) in [6.07, 6.45) is 2.17. The molecule has 4 rings (SSSR count). The molecule has 3 aromatic rings. The van der Waals surface area contributed by atoms with Crippen molar-refractivity contribution in [2.75, 3.05) is 13.7 Å². The number of ether oxygens (including phenoxy) is 1. The highest BCUT2D eigenvalue weighted by Crippen LogP contribution is 2.37. The fraction of sp³-hybridized carbons (Fsp3) is 0.333. The van der Waals surface area contributed by atoms with Gasteiger partial charge in [0.15, 0.2) is 0 Å². The van der Waals surface area contributed by atoms with E-state index in [4.69, 9.17) is 4.74 Å². The van der Waals surface area contributed by atoms with Gasteiger partial charge in [0.05, 0.1) is 13.2 Å². The summed E-state index contributed by atoms with van der Waals surface area (Å²) >= 11 is 1.91. The molecule has 1 aliphatic rings. The highest BCUT2D eigenvalue weighted by molar-refractivity contribution is 7.12. The molecule has 0 spiro atoms. The molecule has 1 aliphatic heterocycles. The van der Waals surface area contributed by atoms with E-state index in [1.54, 1.807) is 7.11 Å². The number of benzene rings is 1. The monoisotopic (exact) mass is 312 g/mol. The van der Waals surface area contributed by atoms with Crippen molar-refractivity contribution >= 4 is 22.2 Å². The second-order valence-electron chi connectivity index (χ2n) is 5.72. The van der Waals surface area contributed by atoms with Crippen LogP contribution in [0.3, 0.4) is 0 Å². The van der Waals surface area contributed by atoms with Crippen LogP contribution in [-0.2, 0) is 12.8 Å². The Hall–Kier alpha value is -1.78. The van der Waals surface area contributed by atoms with E-state index < -0.39 is 0 Å². The fourth-order valence-corrected chi connectivity index (χ4v) is 4.35. The summed E-state index contributed by atoms with van der Waals surface area (Å²) < 4.78 is 5.38. The molecule has 0 aliphatic carbocycles. The average Bonchev–Trinajstić information content (AvgIpc) is 3.18. The van der Waals surface area contributed by atoms with Crippen molar-refractivity contribution < 1.29 is 4.74 Å². The maximum atomic E-state index is 5.38. The van der Waals surface area contributed by atoms with Crippen molar-refractivity contribution in [3.63, 3.8) is 0 Å². The SMILES string of the molecule is CCc1ccc(C2NCCc3c2[nH]c2ccc(OC)cc32)s1.